The van der Waals surface area contributed by atoms with E-state index in [-0.39, 0.29) is 18.2 Å². The fraction of sp³-hybridized carbons (Fsp3) is 0.429. The van der Waals surface area contributed by atoms with E-state index in [1.165, 1.54) is 4.90 Å². The van der Waals surface area contributed by atoms with Crippen LogP contribution in [0, 0.1) is 0 Å². The van der Waals surface area contributed by atoms with Crippen LogP contribution in [0.5, 0.6) is 0 Å². The van der Waals surface area contributed by atoms with E-state index in [1.54, 1.807) is 0 Å². The summed E-state index contributed by atoms with van der Waals surface area (Å²) in [6.07, 6.45) is 0.238. The molecule has 5 heteroatoms. The number of carbonyl (C=O) groups excluding carboxylic acids is 2. The van der Waals surface area contributed by atoms with E-state index < -0.39 is 6.04 Å². The molecule has 0 saturated carbocycles. The molecule has 1 heterocycles. The molecule has 1 aliphatic heterocycles. The molecule has 1 aromatic carbocycles. The van der Waals surface area contributed by atoms with Gasteiger partial charge in [-0.05, 0) is 31.2 Å². The van der Waals surface area contributed by atoms with Crippen LogP contribution in [0.1, 0.15) is 13.3 Å². The normalized spacial score (nSPS) is 18.9. The number of likely N-dealkylation sites (tertiary alicyclic amines) is 1. The highest BCUT2D eigenvalue weighted by Crippen LogP contribution is 2.20. The number of amides is 2. The number of hydrogen-bond acceptors (Lipinski definition) is 4. The second-order valence-electron chi connectivity index (χ2n) is 4.82. The Bertz CT molecular complexity index is 482. The largest absolute Gasteiger partial charge is 0.378 e. The first-order valence-corrected chi connectivity index (χ1v) is 6.41. The Labute approximate surface area is 113 Å². The number of imide groups is 1. The molecule has 1 N–H and O–H groups in total. The van der Waals surface area contributed by atoms with Gasteiger partial charge in [0.25, 0.3) is 5.91 Å². The minimum atomic E-state index is -0.433. The summed E-state index contributed by atoms with van der Waals surface area (Å²) in [5, 5.41) is 3.12. The number of nitrogens with one attached hydrogen (secondary N) is 1. The van der Waals surface area contributed by atoms with Crippen LogP contribution in [0.3, 0.4) is 0 Å². The summed E-state index contributed by atoms with van der Waals surface area (Å²) in [5.41, 5.74) is 1.95. The zero-order chi connectivity index (χ0) is 14.0. The molecule has 2 amide bonds. The van der Waals surface area contributed by atoms with Gasteiger partial charge in [-0.25, -0.2) is 0 Å². The van der Waals surface area contributed by atoms with Crippen LogP contribution in [0.4, 0.5) is 11.4 Å². The van der Waals surface area contributed by atoms with E-state index in [2.05, 4.69) is 5.32 Å². The summed E-state index contributed by atoms with van der Waals surface area (Å²) in [4.78, 5) is 26.9. The van der Waals surface area contributed by atoms with Crippen LogP contribution in [0.2, 0.25) is 0 Å². The minimum absolute atomic E-state index is 0.102. The number of hydrogen-bond donors (Lipinski definition) is 1. The maximum absolute atomic E-state index is 12.0. The van der Waals surface area contributed by atoms with Gasteiger partial charge in [-0.2, -0.15) is 0 Å². The summed E-state index contributed by atoms with van der Waals surface area (Å²) in [7, 11) is 3.95. The molecule has 19 heavy (non-hydrogen) atoms. The third-order valence-corrected chi connectivity index (χ3v) is 3.28. The molecule has 0 radical (unpaired) electrons. The first-order chi connectivity index (χ1) is 9.02. The third kappa shape index (κ3) is 2.70. The van der Waals surface area contributed by atoms with Gasteiger partial charge >= 0.3 is 0 Å². The van der Waals surface area contributed by atoms with Crippen molar-refractivity contribution in [1.82, 2.24) is 4.90 Å². The maximum atomic E-state index is 12.0. The summed E-state index contributed by atoms with van der Waals surface area (Å²) >= 11 is 0. The number of nitrogens with zero attached hydrogens (tertiary/aromatic N) is 2. The lowest BCUT2D eigenvalue weighted by Gasteiger charge is -2.16. The lowest BCUT2D eigenvalue weighted by atomic mass is 10.2. The van der Waals surface area contributed by atoms with Crippen LogP contribution in [-0.2, 0) is 9.59 Å². The second kappa shape index (κ2) is 5.30. The summed E-state index contributed by atoms with van der Waals surface area (Å²) in [6.45, 7) is 2.25. The maximum Gasteiger partial charge on any atom is 0.252 e. The number of likely N-dealkylation sites (N-methyl/N-ethyl adjacent to an activating group) is 1. The van der Waals surface area contributed by atoms with Gasteiger partial charge in [0.15, 0.2) is 0 Å². The highest BCUT2D eigenvalue weighted by Gasteiger charge is 2.37. The molecule has 1 fully saturated rings. The molecule has 0 aromatic heterocycles. The van der Waals surface area contributed by atoms with Crippen molar-refractivity contribution < 1.29 is 9.59 Å². The molecule has 1 aliphatic rings. The van der Waals surface area contributed by atoms with Gasteiger partial charge in [-0.3, -0.25) is 14.5 Å². The Hall–Kier alpha value is -2.04. The van der Waals surface area contributed by atoms with Crippen LogP contribution in [-0.4, -0.2) is 43.4 Å². The molecule has 1 unspecified atom stereocenters. The number of benzene rings is 1. The number of rotatable bonds is 4. The van der Waals surface area contributed by atoms with E-state index in [1.807, 2.05) is 50.2 Å². The molecule has 0 bridgehead atoms. The second-order valence-corrected chi connectivity index (χ2v) is 4.82. The Morgan fingerprint density at radius 1 is 1.26 bits per heavy atom. The standard InChI is InChI=1S/C14H19N3O2/c1-4-17-13(18)9-12(14(17)19)15-10-5-7-11(8-6-10)16(2)3/h5-8,12,15H,4,9H2,1-3H3. The van der Waals surface area contributed by atoms with Crippen molar-refractivity contribution in [3.63, 3.8) is 0 Å². The zero-order valence-electron chi connectivity index (χ0n) is 11.5. The molecule has 102 valence electrons. The van der Waals surface area contributed by atoms with Crippen molar-refractivity contribution in [3.05, 3.63) is 24.3 Å². The molecule has 1 atom stereocenters. The third-order valence-electron chi connectivity index (χ3n) is 3.28. The molecule has 0 spiro atoms. The Morgan fingerprint density at radius 2 is 1.89 bits per heavy atom. The van der Waals surface area contributed by atoms with Crippen molar-refractivity contribution in [2.45, 2.75) is 19.4 Å². The first-order valence-electron chi connectivity index (χ1n) is 6.41. The monoisotopic (exact) mass is 261 g/mol. The van der Waals surface area contributed by atoms with Crippen LogP contribution >= 0.6 is 0 Å². The van der Waals surface area contributed by atoms with Crippen molar-refractivity contribution in [3.8, 4) is 0 Å². The van der Waals surface area contributed by atoms with Crippen molar-refractivity contribution in [2.75, 3.05) is 30.9 Å². The quantitative estimate of drug-likeness (QED) is 0.830. The van der Waals surface area contributed by atoms with Crippen molar-refractivity contribution in [1.29, 1.82) is 0 Å². The van der Waals surface area contributed by atoms with Gasteiger partial charge in [-0.15, -0.1) is 0 Å². The smallest absolute Gasteiger partial charge is 0.252 e. The first kappa shape index (κ1) is 13.4. The molecule has 1 aromatic rings. The average molecular weight is 261 g/mol. The van der Waals surface area contributed by atoms with Gasteiger partial charge in [0, 0.05) is 32.0 Å². The van der Waals surface area contributed by atoms with Crippen LogP contribution < -0.4 is 10.2 Å². The van der Waals surface area contributed by atoms with E-state index >= 15 is 0 Å². The lowest BCUT2D eigenvalue weighted by Crippen LogP contribution is -2.34. The number of anilines is 2. The van der Waals surface area contributed by atoms with Gasteiger partial charge in [0.2, 0.25) is 5.91 Å². The Kier molecular flexibility index (Phi) is 3.74. The van der Waals surface area contributed by atoms with Gasteiger partial charge in [-0.1, -0.05) is 0 Å². The highest BCUT2D eigenvalue weighted by molar-refractivity contribution is 6.06. The fourth-order valence-corrected chi connectivity index (χ4v) is 2.19. The van der Waals surface area contributed by atoms with E-state index in [9.17, 15) is 9.59 Å². The lowest BCUT2D eigenvalue weighted by molar-refractivity contribution is -0.138. The molecular weight excluding hydrogens is 242 g/mol. The van der Waals surface area contributed by atoms with Gasteiger partial charge in [0.1, 0.15) is 6.04 Å². The molecule has 1 saturated heterocycles. The summed E-state index contributed by atoms with van der Waals surface area (Å²) in [6, 6.07) is 7.35. The van der Waals surface area contributed by atoms with Gasteiger partial charge in [0.05, 0.1) is 6.42 Å². The van der Waals surface area contributed by atoms with Crippen LogP contribution in [0.25, 0.3) is 0 Å². The highest BCUT2D eigenvalue weighted by atomic mass is 16.2. The van der Waals surface area contributed by atoms with E-state index in [0.29, 0.717) is 6.54 Å². The topological polar surface area (TPSA) is 52.7 Å². The summed E-state index contributed by atoms with van der Waals surface area (Å²) in [5.74, 6) is -0.237. The molecular formula is C14H19N3O2. The summed E-state index contributed by atoms with van der Waals surface area (Å²) < 4.78 is 0. The van der Waals surface area contributed by atoms with Crippen molar-refractivity contribution >= 4 is 23.2 Å². The van der Waals surface area contributed by atoms with E-state index in [4.69, 9.17) is 0 Å². The fourth-order valence-electron chi connectivity index (χ4n) is 2.19. The molecule has 2 rings (SSSR count). The minimum Gasteiger partial charge on any atom is -0.378 e. The average Bonchev–Trinajstić information content (AvgIpc) is 2.64. The predicted molar refractivity (Wildman–Crippen MR) is 75.2 cm³/mol. The van der Waals surface area contributed by atoms with Gasteiger partial charge < -0.3 is 10.2 Å². The molecule has 5 nitrogen and oxygen atoms in total. The Morgan fingerprint density at radius 3 is 2.37 bits per heavy atom. The zero-order valence-corrected chi connectivity index (χ0v) is 11.5. The SMILES string of the molecule is CCN1C(=O)CC(Nc2ccc(N(C)C)cc2)C1=O. The van der Waals surface area contributed by atoms with E-state index in [0.717, 1.165) is 11.4 Å². The number of carbonyl (C=O) groups is 2. The Balaban J connectivity index is 2.06. The predicted octanol–water partition coefficient (Wildman–Crippen LogP) is 1.31. The molecule has 0 aliphatic carbocycles. The van der Waals surface area contributed by atoms with Crippen LogP contribution in [0.15, 0.2) is 24.3 Å². The van der Waals surface area contributed by atoms with Crippen molar-refractivity contribution in [2.24, 2.45) is 0 Å².